The van der Waals surface area contributed by atoms with Gasteiger partial charge in [0.05, 0.1) is 22.2 Å². The fraction of sp³-hybridized carbons (Fsp3) is 0.0833. The summed E-state index contributed by atoms with van der Waals surface area (Å²) in [6, 6.07) is 6.76. The monoisotopic (exact) mass is 329 g/mol. The lowest BCUT2D eigenvalue weighted by molar-refractivity contribution is 0.0995. The van der Waals surface area contributed by atoms with Crippen molar-refractivity contribution in [1.82, 2.24) is 0 Å². The van der Waals surface area contributed by atoms with Gasteiger partial charge in [-0.1, -0.05) is 11.6 Å². The van der Waals surface area contributed by atoms with E-state index in [0.717, 1.165) is 0 Å². The summed E-state index contributed by atoms with van der Waals surface area (Å²) in [7, 11) is -3.89. The Hall–Kier alpha value is -1.87. The van der Waals surface area contributed by atoms with E-state index in [1.54, 1.807) is 6.07 Å². The molecule has 21 heavy (non-hydrogen) atoms. The Morgan fingerprint density at radius 3 is 2.57 bits per heavy atom. The Kier molecular flexibility index (Phi) is 4.33. The Labute approximate surface area is 125 Å². The number of anilines is 1. The molecule has 7 nitrogen and oxygen atoms in total. The number of hydrogen-bond acceptors (Lipinski definition) is 5. The summed E-state index contributed by atoms with van der Waals surface area (Å²) in [5.41, 5.74) is 5.49. The molecule has 0 aliphatic carbocycles. The highest BCUT2D eigenvalue weighted by molar-refractivity contribution is 7.89. The van der Waals surface area contributed by atoms with Crippen LogP contribution >= 0.6 is 11.6 Å². The van der Waals surface area contributed by atoms with E-state index in [2.05, 4.69) is 5.32 Å². The third-order valence-electron chi connectivity index (χ3n) is 2.60. The number of furan rings is 1. The Balaban J connectivity index is 2.28. The second-order valence-corrected chi connectivity index (χ2v) is 6.08. The number of rotatable bonds is 4. The lowest BCUT2D eigenvalue weighted by Crippen LogP contribution is -2.15. The van der Waals surface area contributed by atoms with Crippen molar-refractivity contribution in [3.63, 3.8) is 0 Å². The SMILES string of the molecule is NCc1ccc(C(=O)Nc2cc(S(N)(=O)=O)ccc2Cl)o1. The fourth-order valence-electron chi connectivity index (χ4n) is 1.57. The van der Waals surface area contributed by atoms with Crippen LogP contribution in [0.4, 0.5) is 5.69 Å². The van der Waals surface area contributed by atoms with Crippen LogP contribution in [0.2, 0.25) is 5.02 Å². The van der Waals surface area contributed by atoms with E-state index in [9.17, 15) is 13.2 Å². The van der Waals surface area contributed by atoms with Crippen molar-refractivity contribution in [2.75, 3.05) is 5.32 Å². The van der Waals surface area contributed by atoms with Crippen LogP contribution in [0.15, 0.2) is 39.6 Å². The molecule has 1 amide bonds. The smallest absolute Gasteiger partial charge is 0.291 e. The topological polar surface area (TPSA) is 128 Å². The van der Waals surface area contributed by atoms with Crippen LogP contribution in [0.3, 0.4) is 0 Å². The molecule has 0 atom stereocenters. The first-order chi connectivity index (χ1) is 9.81. The van der Waals surface area contributed by atoms with Crippen LogP contribution in [-0.2, 0) is 16.6 Å². The van der Waals surface area contributed by atoms with E-state index >= 15 is 0 Å². The van der Waals surface area contributed by atoms with Gasteiger partial charge in [-0.2, -0.15) is 0 Å². The van der Waals surface area contributed by atoms with Crippen molar-refractivity contribution in [2.24, 2.45) is 10.9 Å². The fourth-order valence-corrected chi connectivity index (χ4v) is 2.28. The van der Waals surface area contributed by atoms with Crippen molar-refractivity contribution < 1.29 is 17.6 Å². The van der Waals surface area contributed by atoms with Crippen molar-refractivity contribution in [2.45, 2.75) is 11.4 Å². The summed E-state index contributed by atoms with van der Waals surface area (Å²) < 4.78 is 27.7. The van der Waals surface area contributed by atoms with E-state index in [-0.39, 0.29) is 27.9 Å². The van der Waals surface area contributed by atoms with Crippen LogP contribution in [0.25, 0.3) is 0 Å². The minimum absolute atomic E-state index is 0.0347. The molecule has 2 rings (SSSR count). The van der Waals surface area contributed by atoms with Gasteiger partial charge in [-0.25, -0.2) is 13.6 Å². The zero-order valence-corrected chi connectivity index (χ0v) is 12.2. The first-order valence-corrected chi connectivity index (χ1v) is 7.66. The molecule has 5 N–H and O–H groups in total. The van der Waals surface area contributed by atoms with Gasteiger partial charge in [-0.15, -0.1) is 0 Å². The number of amides is 1. The summed E-state index contributed by atoms with van der Waals surface area (Å²) in [4.78, 5) is 11.8. The summed E-state index contributed by atoms with van der Waals surface area (Å²) in [6.07, 6.45) is 0. The summed E-state index contributed by atoms with van der Waals surface area (Å²) >= 11 is 5.91. The molecule has 0 fully saturated rings. The maximum absolute atomic E-state index is 12.0. The molecule has 9 heteroatoms. The highest BCUT2D eigenvalue weighted by Gasteiger charge is 2.15. The van der Waals surface area contributed by atoms with E-state index in [0.29, 0.717) is 5.76 Å². The molecule has 1 aromatic heterocycles. The average molecular weight is 330 g/mol. The van der Waals surface area contributed by atoms with E-state index in [1.165, 1.54) is 24.3 Å². The molecular weight excluding hydrogens is 318 g/mol. The number of sulfonamides is 1. The molecule has 0 aliphatic rings. The molecule has 1 aromatic carbocycles. The van der Waals surface area contributed by atoms with Crippen molar-refractivity contribution in [1.29, 1.82) is 0 Å². The van der Waals surface area contributed by atoms with E-state index < -0.39 is 15.9 Å². The molecule has 112 valence electrons. The lowest BCUT2D eigenvalue weighted by Gasteiger charge is -2.07. The van der Waals surface area contributed by atoms with Crippen molar-refractivity contribution in [3.8, 4) is 0 Å². The van der Waals surface area contributed by atoms with Gasteiger partial charge in [0.2, 0.25) is 10.0 Å². The number of carbonyl (C=O) groups excluding carboxylic acids is 1. The number of nitrogens with one attached hydrogen (secondary N) is 1. The molecule has 0 saturated heterocycles. The molecular formula is C12H12ClN3O4S. The zero-order chi connectivity index (χ0) is 15.6. The highest BCUT2D eigenvalue weighted by atomic mass is 35.5. The molecule has 0 saturated carbocycles. The summed E-state index contributed by atoms with van der Waals surface area (Å²) in [5.74, 6) is -0.0970. The van der Waals surface area contributed by atoms with Gasteiger partial charge in [-0.3, -0.25) is 4.79 Å². The van der Waals surface area contributed by atoms with Gasteiger partial charge >= 0.3 is 0 Å². The van der Waals surface area contributed by atoms with Crippen molar-refractivity contribution >= 4 is 33.2 Å². The summed E-state index contributed by atoms with van der Waals surface area (Å²) in [6.45, 7) is 0.162. The quantitative estimate of drug-likeness (QED) is 0.778. The van der Waals surface area contributed by atoms with Crippen molar-refractivity contribution in [3.05, 3.63) is 46.9 Å². The number of hydrogen-bond donors (Lipinski definition) is 3. The lowest BCUT2D eigenvalue weighted by atomic mass is 10.3. The number of benzene rings is 1. The van der Waals surface area contributed by atoms with Crippen LogP contribution in [-0.4, -0.2) is 14.3 Å². The van der Waals surface area contributed by atoms with Crippen LogP contribution in [0, 0.1) is 0 Å². The Morgan fingerprint density at radius 1 is 1.29 bits per heavy atom. The molecule has 0 spiro atoms. The molecule has 0 aliphatic heterocycles. The second-order valence-electron chi connectivity index (χ2n) is 4.11. The molecule has 1 heterocycles. The Morgan fingerprint density at radius 2 is 2.00 bits per heavy atom. The summed E-state index contributed by atoms with van der Waals surface area (Å²) in [5, 5.41) is 7.64. The number of nitrogens with two attached hydrogens (primary N) is 2. The number of primary sulfonamides is 1. The van der Waals surface area contributed by atoms with E-state index in [4.69, 9.17) is 26.9 Å². The molecule has 2 aromatic rings. The first kappa shape index (κ1) is 15.5. The first-order valence-electron chi connectivity index (χ1n) is 5.74. The van der Waals surface area contributed by atoms with Crippen LogP contribution in [0.1, 0.15) is 16.3 Å². The van der Waals surface area contributed by atoms with Gasteiger partial charge in [0, 0.05) is 0 Å². The van der Waals surface area contributed by atoms with Gasteiger partial charge in [0.1, 0.15) is 5.76 Å². The van der Waals surface area contributed by atoms with Gasteiger partial charge < -0.3 is 15.5 Å². The number of carbonyl (C=O) groups is 1. The second kappa shape index (κ2) is 5.86. The molecule has 0 bridgehead atoms. The third-order valence-corrected chi connectivity index (χ3v) is 3.84. The van der Waals surface area contributed by atoms with Crippen LogP contribution < -0.4 is 16.2 Å². The van der Waals surface area contributed by atoms with Gasteiger partial charge in [0.25, 0.3) is 5.91 Å². The minimum Gasteiger partial charge on any atom is -0.455 e. The Bertz CT molecular complexity index is 786. The van der Waals surface area contributed by atoms with E-state index in [1.807, 2.05) is 0 Å². The average Bonchev–Trinajstić information content (AvgIpc) is 2.88. The predicted octanol–water partition coefficient (Wildman–Crippen LogP) is 1.29. The molecule has 0 unspecified atom stereocenters. The largest absolute Gasteiger partial charge is 0.455 e. The standard InChI is InChI=1S/C12H12ClN3O4S/c13-9-3-2-8(21(15,18)19)5-10(9)16-12(17)11-4-1-7(6-14)20-11/h1-5H,6,14H2,(H,16,17)(H2,15,18,19). The van der Waals surface area contributed by atoms with Gasteiger partial charge in [0.15, 0.2) is 5.76 Å². The highest BCUT2D eigenvalue weighted by Crippen LogP contribution is 2.25. The minimum atomic E-state index is -3.89. The maximum atomic E-state index is 12.0. The predicted molar refractivity (Wildman–Crippen MR) is 77.4 cm³/mol. The third kappa shape index (κ3) is 3.61. The molecule has 0 radical (unpaired) electrons. The maximum Gasteiger partial charge on any atom is 0.291 e. The normalized spacial score (nSPS) is 11.4. The van der Waals surface area contributed by atoms with Gasteiger partial charge in [-0.05, 0) is 30.3 Å². The number of halogens is 1. The zero-order valence-electron chi connectivity index (χ0n) is 10.7. The van der Waals surface area contributed by atoms with Crippen LogP contribution in [0.5, 0.6) is 0 Å².